The van der Waals surface area contributed by atoms with Crippen molar-refractivity contribution in [1.82, 2.24) is 0 Å². The van der Waals surface area contributed by atoms with Gasteiger partial charge in [-0.3, -0.25) is 0 Å². The third kappa shape index (κ3) is 13.3. The number of rotatable bonds is 18. The van der Waals surface area contributed by atoms with Crippen LogP contribution >= 0.6 is 0 Å². The minimum Gasteiger partial charge on any atom is -0.508 e. The minimum absolute atomic E-state index is 0.000346. The Hall–Kier alpha value is -3.92. The van der Waals surface area contributed by atoms with Gasteiger partial charge in [0.1, 0.15) is 23.0 Å². The van der Waals surface area contributed by atoms with Crippen LogP contribution in [0.25, 0.3) is 0 Å². The smallest absolute Gasteiger partial charge is 0.123 e. The molecule has 0 heterocycles. The van der Waals surface area contributed by atoms with Crippen molar-refractivity contribution in [2.24, 2.45) is 5.92 Å². The molecule has 312 valence electrons. The third-order valence-corrected chi connectivity index (χ3v) is 11.7. The Balaban J connectivity index is 1.21. The number of aryl methyl sites for hydroxylation is 4. The minimum atomic E-state index is -0.107. The first-order valence-electron chi connectivity index (χ1n) is 21.7. The van der Waals surface area contributed by atoms with Crippen LogP contribution in [-0.2, 0) is 47.3 Å². The molecule has 0 amide bonds. The molecule has 0 saturated heterocycles. The fraction of sp³-hybridized carbons (Fsp3) is 0.547. The van der Waals surface area contributed by atoms with Crippen molar-refractivity contribution >= 4 is 0 Å². The van der Waals surface area contributed by atoms with Crippen molar-refractivity contribution in [2.45, 2.75) is 169 Å². The van der Waals surface area contributed by atoms with Gasteiger partial charge in [-0.15, -0.1) is 0 Å². The van der Waals surface area contributed by atoms with Gasteiger partial charge in [-0.1, -0.05) is 157 Å². The summed E-state index contributed by atoms with van der Waals surface area (Å²) in [6.45, 7) is 27.4. The van der Waals surface area contributed by atoms with Crippen molar-refractivity contribution in [3.63, 3.8) is 0 Å². The molecule has 57 heavy (non-hydrogen) atoms. The number of phenolic OH excluding ortho intramolecular Hbond substituents is 2. The summed E-state index contributed by atoms with van der Waals surface area (Å²) in [5, 5.41) is 21.8. The van der Waals surface area contributed by atoms with Gasteiger partial charge in [0.2, 0.25) is 0 Å². The van der Waals surface area contributed by atoms with Gasteiger partial charge in [0.15, 0.2) is 0 Å². The molecule has 4 aromatic carbocycles. The molecule has 4 heteroatoms. The van der Waals surface area contributed by atoms with Crippen LogP contribution in [0, 0.1) is 5.92 Å². The van der Waals surface area contributed by atoms with E-state index in [4.69, 9.17) is 9.47 Å². The van der Waals surface area contributed by atoms with Gasteiger partial charge in [-0.05, 0) is 135 Å². The lowest BCUT2D eigenvalue weighted by molar-refractivity contribution is 0.294. The highest BCUT2D eigenvalue weighted by Gasteiger charge is 2.27. The van der Waals surface area contributed by atoms with E-state index in [2.05, 4.69) is 144 Å². The van der Waals surface area contributed by atoms with Crippen molar-refractivity contribution in [3.8, 4) is 23.0 Å². The van der Waals surface area contributed by atoms with Crippen LogP contribution in [0.5, 0.6) is 23.0 Å². The summed E-state index contributed by atoms with van der Waals surface area (Å²) in [5.41, 5.74) is 9.17. The summed E-state index contributed by atoms with van der Waals surface area (Å²) < 4.78 is 12.2. The van der Waals surface area contributed by atoms with Crippen LogP contribution in [0.1, 0.15) is 166 Å². The predicted molar refractivity (Wildman–Crippen MR) is 242 cm³/mol. The molecule has 0 bridgehead atoms. The van der Waals surface area contributed by atoms with Gasteiger partial charge in [0.25, 0.3) is 0 Å². The van der Waals surface area contributed by atoms with E-state index in [0.29, 0.717) is 17.4 Å². The number of benzene rings is 4. The highest BCUT2D eigenvalue weighted by Crippen LogP contribution is 2.39. The maximum absolute atomic E-state index is 11.2. The van der Waals surface area contributed by atoms with Crippen LogP contribution in [0.3, 0.4) is 0 Å². The first kappa shape index (κ1) is 45.8. The molecule has 0 saturated carbocycles. The maximum Gasteiger partial charge on any atom is 0.123 e. The third-order valence-electron chi connectivity index (χ3n) is 11.7. The highest BCUT2D eigenvalue weighted by molar-refractivity contribution is 5.45. The van der Waals surface area contributed by atoms with Gasteiger partial charge in [-0.25, -0.2) is 0 Å². The van der Waals surface area contributed by atoms with Gasteiger partial charge >= 0.3 is 0 Å². The van der Waals surface area contributed by atoms with Gasteiger partial charge in [0, 0.05) is 0 Å². The fourth-order valence-electron chi connectivity index (χ4n) is 8.44. The summed E-state index contributed by atoms with van der Waals surface area (Å²) in [5.74, 6) is 3.32. The van der Waals surface area contributed by atoms with Crippen molar-refractivity contribution in [1.29, 1.82) is 0 Å². The molecular weight excluding hydrogens is 701 g/mol. The zero-order valence-electron chi connectivity index (χ0n) is 38.0. The van der Waals surface area contributed by atoms with E-state index in [0.717, 1.165) is 85.3 Å². The lowest BCUT2D eigenvalue weighted by Gasteiger charge is -2.30. The lowest BCUT2D eigenvalue weighted by atomic mass is 9.75. The van der Waals surface area contributed by atoms with E-state index in [1.54, 1.807) is 7.11 Å². The molecular formula is C53H76O4. The topological polar surface area (TPSA) is 58.9 Å². The Kier molecular flexibility index (Phi) is 15.4. The van der Waals surface area contributed by atoms with E-state index in [1.807, 2.05) is 12.1 Å². The predicted octanol–water partition coefficient (Wildman–Crippen LogP) is 13.9. The number of aromatic hydroxyl groups is 2. The molecule has 0 aliphatic carbocycles. The zero-order chi connectivity index (χ0) is 42.2. The molecule has 0 radical (unpaired) electrons. The first-order valence-corrected chi connectivity index (χ1v) is 21.7. The number of phenols is 2. The van der Waals surface area contributed by atoms with Gasteiger partial charge < -0.3 is 19.7 Å². The Morgan fingerprint density at radius 1 is 0.491 bits per heavy atom. The van der Waals surface area contributed by atoms with Crippen LogP contribution in [0.15, 0.2) is 72.8 Å². The molecule has 4 rings (SSSR count). The second-order valence-electron chi connectivity index (χ2n) is 20.6. The molecule has 0 fully saturated rings. The molecule has 1 unspecified atom stereocenters. The molecule has 2 N–H and O–H groups in total. The largest absolute Gasteiger partial charge is 0.508 e. The molecule has 1 atom stereocenters. The molecule has 0 spiro atoms. The van der Waals surface area contributed by atoms with Crippen LogP contribution in [0.4, 0.5) is 0 Å². The second kappa shape index (κ2) is 19.2. The summed E-state index contributed by atoms with van der Waals surface area (Å²) in [4.78, 5) is 0. The Morgan fingerprint density at radius 3 is 1.35 bits per heavy atom. The number of hydrogen-bond acceptors (Lipinski definition) is 4. The van der Waals surface area contributed by atoms with Crippen molar-refractivity contribution in [2.75, 3.05) is 13.7 Å². The van der Waals surface area contributed by atoms with Gasteiger partial charge in [-0.2, -0.15) is 0 Å². The lowest BCUT2D eigenvalue weighted by Crippen LogP contribution is -2.21. The average Bonchev–Trinajstić information content (AvgIpc) is 3.11. The molecule has 4 nitrogen and oxygen atoms in total. The number of hydrogen-bond donors (Lipinski definition) is 2. The van der Waals surface area contributed by atoms with Crippen molar-refractivity contribution in [3.05, 3.63) is 117 Å². The van der Waals surface area contributed by atoms with E-state index in [1.165, 1.54) is 41.5 Å². The molecule has 4 aromatic rings. The quantitative estimate of drug-likeness (QED) is 0.0988. The van der Waals surface area contributed by atoms with Crippen LogP contribution in [-0.4, -0.2) is 23.9 Å². The van der Waals surface area contributed by atoms with Crippen LogP contribution in [0.2, 0.25) is 0 Å². The fourth-order valence-corrected chi connectivity index (χ4v) is 8.44. The number of ether oxygens (including phenoxy) is 2. The molecule has 0 aliphatic heterocycles. The number of methoxy groups -OCH3 is 1. The highest BCUT2D eigenvalue weighted by atomic mass is 16.5. The molecule has 0 aromatic heterocycles. The Morgan fingerprint density at radius 2 is 0.895 bits per heavy atom. The maximum atomic E-state index is 11.2. The second-order valence-corrected chi connectivity index (χ2v) is 20.6. The SMILES string of the molecule is COc1cc(CCc2ccc(C(C)(C)CC(C)CCCCCCOc3cc(CCc4ccc(C(C)(C)C)c(O)c4)ccc3C(C)(C)C)c(O)c2)ccc1C(C)(C)C. The van der Waals surface area contributed by atoms with E-state index < -0.39 is 0 Å². The normalized spacial score (nSPS) is 13.1. The van der Waals surface area contributed by atoms with E-state index in [-0.39, 0.29) is 21.7 Å². The van der Waals surface area contributed by atoms with Crippen molar-refractivity contribution < 1.29 is 19.7 Å². The van der Waals surface area contributed by atoms with Gasteiger partial charge in [0.05, 0.1) is 13.7 Å². The first-order chi connectivity index (χ1) is 26.6. The Labute approximate surface area is 347 Å². The summed E-state index contributed by atoms with van der Waals surface area (Å²) in [7, 11) is 1.75. The summed E-state index contributed by atoms with van der Waals surface area (Å²) in [6.07, 6.45) is 10.4. The summed E-state index contributed by atoms with van der Waals surface area (Å²) in [6, 6.07) is 25.8. The Bertz CT molecular complexity index is 1900. The monoisotopic (exact) mass is 777 g/mol. The van der Waals surface area contributed by atoms with E-state index >= 15 is 0 Å². The van der Waals surface area contributed by atoms with Crippen LogP contribution < -0.4 is 9.47 Å². The van der Waals surface area contributed by atoms with E-state index in [9.17, 15) is 10.2 Å². The average molecular weight is 777 g/mol. The summed E-state index contributed by atoms with van der Waals surface area (Å²) >= 11 is 0. The molecule has 0 aliphatic rings. The zero-order valence-corrected chi connectivity index (χ0v) is 38.0. The number of unbranched alkanes of at least 4 members (excludes halogenated alkanes) is 3. The standard InChI is InChI=1S/C53H76O4/c1-37(36-53(11,12)43-28-24-39(33-47(43)55)19-21-40-25-29-44(51(5,6)7)48(34-40)56-13)18-16-14-15-17-31-57-49-35-41(26-30-45(49)52(8,9)10)22-20-38-23-27-42(46(54)32-38)50(2,3)4/h23-30,32-35,37,54-55H,14-22,31,36H2,1-13H3.